The maximum absolute atomic E-state index is 11.1. The summed E-state index contributed by atoms with van der Waals surface area (Å²) in [6.07, 6.45) is 5.26. The molecule has 0 aliphatic carbocycles. The fourth-order valence-electron chi connectivity index (χ4n) is 2.39. The normalized spacial score (nSPS) is 10.7. The molecule has 0 bridgehead atoms. The molecule has 0 saturated carbocycles. The molecule has 0 spiro atoms. The third-order valence-electron chi connectivity index (χ3n) is 3.53. The summed E-state index contributed by atoms with van der Waals surface area (Å²) in [5, 5.41) is 19.1. The molecule has 0 saturated heterocycles. The SMILES string of the molecule is O=C(O)c1cncc(-n2cccc2Cc2c(O)cccc2Br)c1. The lowest BCUT2D eigenvalue weighted by atomic mass is 10.1. The number of nitrogens with zero attached hydrogens (tertiary/aromatic N) is 2. The van der Waals surface area contributed by atoms with Crippen molar-refractivity contribution in [3.63, 3.8) is 0 Å². The number of carbonyl (C=O) groups is 1. The number of hydrogen-bond acceptors (Lipinski definition) is 3. The number of halogens is 1. The van der Waals surface area contributed by atoms with E-state index in [-0.39, 0.29) is 11.3 Å². The molecule has 0 aliphatic rings. The molecule has 0 unspecified atom stereocenters. The van der Waals surface area contributed by atoms with Gasteiger partial charge in [-0.2, -0.15) is 0 Å². The fourth-order valence-corrected chi connectivity index (χ4v) is 2.89. The van der Waals surface area contributed by atoms with E-state index in [1.165, 1.54) is 6.20 Å². The predicted octanol–water partition coefficient (Wildman–Crippen LogP) is 3.63. The molecule has 0 aliphatic heterocycles. The number of aromatic nitrogens is 2. The number of aromatic hydroxyl groups is 1. The Morgan fingerprint density at radius 3 is 2.78 bits per heavy atom. The van der Waals surface area contributed by atoms with E-state index in [0.717, 1.165) is 15.7 Å². The minimum atomic E-state index is -1.02. The van der Waals surface area contributed by atoms with E-state index < -0.39 is 5.97 Å². The first-order valence-electron chi connectivity index (χ1n) is 6.87. The van der Waals surface area contributed by atoms with Crippen LogP contribution in [-0.2, 0) is 6.42 Å². The highest BCUT2D eigenvalue weighted by molar-refractivity contribution is 9.10. The minimum absolute atomic E-state index is 0.130. The number of phenolic OH excluding ortho intramolecular Hbond substituents is 1. The molecule has 3 rings (SSSR count). The third-order valence-corrected chi connectivity index (χ3v) is 4.28. The lowest BCUT2D eigenvalue weighted by molar-refractivity contribution is 0.0696. The van der Waals surface area contributed by atoms with Crippen LogP contribution in [0.25, 0.3) is 5.69 Å². The van der Waals surface area contributed by atoms with Gasteiger partial charge in [0.25, 0.3) is 0 Å². The Balaban J connectivity index is 2.00. The number of pyridine rings is 1. The number of carboxylic acids is 1. The van der Waals surface area contributed by atoms with Crippen LogP contribution in [0.5, 0.6) is 5.75 Å². The van der Waals surface area contributed by atoms with Gasteiger partial charge in [0.15, 0.2) is 0 Å². The number of aromatic carboxylic acids is 1. The minimum Gasteiger partial charge on any atom is -0.508 e. The summed E-state index contributed by atoms with van der Waals surface area (Å²) in [5.41, 5.74) is 2.48. The van der Waals surface area contributed by atoms with Crippen LogP contribution in [0.1, 0.15) is 21.6 Å². The molecule has 0 fully saturated rings. The van der Waals surface area contributed by atoms with Gasteiger partial charge in [-0.1, -0.05) is 22.0 Å². The summed E-state index contributed by atoms with van der Waals surface area (Å²) < 4.78 is 2.68. The molecular formula is C17H13BrN2O3. The molecule has 116 valence electrons. The first-order chi connectivity index (χ1) is 11.1. The van der Waals surface area contributed by atoms with Crippen LogP contribution >= 0.6 is 15.9 Å². The maximum atomic E-state index is 11.1. The van der Waals surface area contributed by atoms with Crippen molar-refractivity contribution in [3.05, 3.63) is 76.3 Å². The average molecular weight is 373 g/mol. The van der Waals surface area contributed by atoms with Gasteiger partial charge in [0.1, 0.15) is 5.75 Å². The van der Waals surface area contributed by atoms with Crippen molar-refractivity contribution in [1.82, 2.24) is 9.55 Å². The highest BCUT2D eigenvalue weighted by atomic mass is 79.9. The van der Waals surface area contributed by atoms with Crippen molar-refractivity contribution in [3.8, 4) is 11.4 Å². The average Bonchev–Trinajstić information content (AvgIpc) is 2.99. The molecule has 1 aromatic carbocycles. The Bertz CT molecular complexity index is 854. The molecule has 0 amide bonds. The molecule has 2 N–H and O–H groups in total. The van der Waals surface area contributed by atoms with Gasteiger partial charge in [-0.15, -0.1) is 0 Å². The molecular weight excluding hydrogens is 360 g/mol. The van der Waals surface area contributed by atoms with E-state index in [9.17, 15) is 9.90 Å². The monoisotopic (exact) mass is 372 g/mol. The topological polar surface area (TPSA) is 75.3 Å². The Morgan fingerprint density at radius 1 is 1.22 bits per heavy atom. The van der Waals surface area contributed by atoms with Gasteiger partial charge in [0, 0.05) is 34.5 Å². The van der Waals surface area contributed by atoms with E-state index in [0.29, 0.717) is 12.1 Å². The molecule has 2 aromatic heterocycles. The van der Waals surface area contributed by atoms with Crippen molar-refractivity contribution >= 4 is 21.9 Å². The van der Waals surface area contributed by atoms with Gasteiger partial charge in [0.2, 0.25) is 0 Å². The zero-order valence-electron chi connectivity index (χ0n) is 12.0. The van der Waals surface area contributed by atoms with E-state index in [1.807, 2.05) is 29.0 Å². The first kappa shape index (κ1) is 15.3. The van der Waals surface area contributed by atoms with Gasteiger partial charge < -0.3 is 14.8 Å². The number of carboxylic acid groups (broad SMARTS) is 1. The summed E-state index contributed by atoms with van der Waals surface area (Å²) in [6, 6.07) is 10.6. The second kappa shape index (κ2) is 6.26. The largest absolute Gasteiger partial charge is 0.508 e. The van der Waals surface area contributed by atoms with Crippen LogP contribution in [0.4, 0.5) is 0 Å². The van der Waals surface area contributed by atoms with Crippen LogP contribution in [-0.4, -0.2) is 25.7 Å². The lowest BCUT2D eigenvalue weighted by Gasteiger charge is -2.12. The van der Waals surface area contributed by atoms with Gasteiger partial charge in [-0.05, 0) is 30.3 Å². The summed E-state index contributed by atoms with van der Waals surface area (Å²) >= 11 is 3.45. The molecule has 2 heterocycles. The van der Waals surface area contributed by atoms with Crippen LogP contribution in [0.15, 0.2) is 59.5 Å². The highest BCUT2D eigenvalue weighted by Gasteiger charge is 2.12. The van der Waals surface area contributed by atoms with Crippen LogP contribution in [0.2, 0.25) is 0 Å². The standard InChI is InChI=1S/C17H13BrN2O3/c18-15-4-1-5-16(21)14(15)8-12-3-2-6-20(12)13-7-11(17(22)23)9-19-10-13/h1-7,9-10,21H,8H2,(H,22,23). The molecule has 23 heavy (non-hydrogen) atoms. The van der Waals surface area contributed by atoms with Crippen LogP contribution < -0.4 is 0 Å². The van der Waals surface area contributed by atoms with E-state index in [1.54, 1.807) is 24.4 Å². The van der Waals surface area contributed by atoms with Crippen molar-refractivity contribution in [2.24, 2.45) is 0 Å². The predicted molar refractivity (Wildman–Crippen MR) is 89.1 cm³/mol. The second-order valence-electron chi connectivity index (χ2n) is 5.02. The number of rotatable bonds is 4. The smallest absolute Gasteiger partial charge is 0.337 e. The van der Waals surface area contributed by atoms with Crippen molar-refractivity contribution in [2.75, 3.05) is 0 Å². The summed E-state index contributed by atoms with van der Waals surface area (Å²) in [7, 11) is 0. The zero-order chi connectivity index (χ0) is 16.4. The van der Waals surface area contributed by atoms with E-state index >= 15 is 0 Å². The first-order valence-corrected chi connectivity index (χ1v) is 7.67. The Hall–Kier alpha value is -2.60. The number of benzene rings is 1. The van der Waals surface area contributed by atoms with Gasteiger partial charge in [-0.3, -0.25) is 4.98 Å². The van der Waals surface area contributed by atoms with Crippen molar-refractivity contribution < 1.29 is 15.0 Å². The molecule has 3 aromatic rings. The van der Waals surface area contributed by atoms with Gasteiger partial charge >= 0.3 is 5.97 Å². The van der Waals surface area contributed by atoms with Gasteiger partial charge in [0.05, 0.1) is 17.4 Å². The number of phenols is 1. The molecule has 0 radical (unpaired) electrons. The van der Waals surface area contributed by atoms with Crippen molar-refractivity contribution in [1.29, 1.82) is 0 Å². The third kappa shape index (κ3) is 3.12. The molecule has 0 atom stereocenters. The molecule has 5 nitrogen and oxygen atoms in total. The fraction of sp³-hybridized carbons (Fsp3) is 0.0588. The van der Waals surface area contributed by atoms with E-state index in [2.05, 4.69) is 20.9 Å². The summed E-state index contributed by atoms with van der Waals surface area (Å²) in [5.74, 6) is -0.805. The van der Waals surface area contributed by atoms with Crippen molar-refractivity contribution in [2.45, 2.75) is 6.42 Å². The summed E-state index contributed by atoms with van der Waals surface area (Å²) in [4.78, 5) is 15.1. The number of hydrogen-bond donors (Lipinski definition) is 2. The Kier molecular flexibility index (Phi) is 4.16. The highest BCUT2D eigenvalue weighted by Crippen LogP contribution is 2.29. The lowest BCUT2D eigenvalue weighted by Crippen LogP contribution is -2.04. The van der Waals surface area contributed by atoms with E-state index in [4.69, 9.17) is 5.11 Å². The Labute approximate surface area is 141 Å². The van der Waals surface area contributed by atoms with Gasteiger partial charge in [-0.25, -0.2) is 4.79 Å². The van der Waals surface area contributed by atoms with Crippen LogP contribution in [0, 0.1) is 0 Å². The second-order valence-corrected chi connectivity index (χ2v) is 5.88. The quantitative estimate of drug-likeness (QED) is 0.733. The Morgan fingerprint density at radius 2 is 2.04 bits per heavy atom. The zero-order valence-corrected chi connectivity index (χ0v) is 13.6. The molecule has 6 heteroatoms. The maximum Gasteiger partial charge on any atom is 0.337 e. The summed E-state index contributed by atoms with van der Waals surface area (Å²) in [6.45, 7) is 0. The van der Waals surface area contributed by atoms with Crippen LogP contribution in [0.3, 0.4) is 0 Å².